The lowest BCUT2D eigenvalue weighted by Crippen LogP contribution is -2.43. The maximum atomic E-state index is 13.9. The number of hydrogen-bond acceptors (Lipinski definition) is 4. The fourth-order valence-electron chi connectivity index (χ4n) is 3.13. The van der Waals surface area contributed by atoms with Gasteiger partial charge in [-0.2, -0.15) is 0 Å². The lowest BCUT2D eigenvalue weighted by atomic mass is 10.2. The van der Waals surface area contributed by atoms with Crippen LogP contribution in [0.25, 0.3) is 0 Å². The van der Waals surface area contributed by atoms with E-state index < -0.39 is 15.7 Å². The molecule has 1 aliphatic heterocycles. The van der Waals surface area contributed by atoms with E-state index in [1.165, 1.54) is 30.0 Å². The first kappa shape index (κ1) is 19.4. The summed E-state index contributed by atoms with van der Waals surface area (Å²) in [7, 11) is -3.09. The third-order valence-electron chi connectivity index (χ3n) is 4.38. The van der Waals surface area contributed by atoms with Gasteiger partial charge in [0.05, 0.1) is 17.2 Å². The van der Waals surface area contributed by atoms with Crippen molar-refractivity contribution < 1.29 is 22.4 Å². The van der Waals surface area contributed by atoms with Crippen molar-refractivity contribution in [2.75, 3.05) is 29.5 Å². The molecule has 25 heavy (non-hydrogen) atoms. The minimum absolute atomic E-state index is 0.0122. The van der Waals surface area contributed by atoms with Crippen molar-refractivity contribution in [2.24, 2.45) is 0 Å². The molecule has 0 N–H and O–H groups in total. The predicted molar refractivity (Wildman–Crippen MR) is 93.5 cm³/mol. The lowest BCUT2D eigenvalue weighted by molar-refractivity contribution is -0.132. The van der Waals surface area contributed by atoms with Crippen LogP contribution in [0, 0.1) is 5.82 Å². The highest BCUT2D eigenvalue weighted by atomic mass is 32.2. The molecule has 1 aromatic rings. The number of amides is 2. The van der Waals surface area contributed by atoms with E-state index in [0.29, 0.717) is 13.0 Å². The van der Waals surface area contributed by atoms with Crippen LogP contribution in [-0.4, -0.2) is 55.8 Å². The first-order valence-corrected chi connectivity index (χ1v) is 10.1. The number of benzene rings is 1. The van der Waals surface area contributed by atoms with Crippen molar-refractivity contribution >= 4 is 27.3 Å². The van der Waals surface area contributed by atoms with Crippen LogP contribution in [0.3, 0.4) is 0 Å². The van der Waals surface area contributed by atoms with Gasteiger partial charge in [0.15, 0.2) is 9.84 Å². The summed E-state index contributed by atoms with van der Waals surface area (Å²) in [6, 6.07) is 5.58. The highest BCUT2D eigenvalue weighted by molar-refractivity contribution is 7.91. The summed E-state index contributed by atoms with van der Waals surface area (Å²) >= 11 is 0. The molecule has 6 nitrogen and oxygen atoms in total. The Hall–Kier alpha value is -1.96. The fraction of sp³-hybridized carbons (Fsp3) is 0.529. The molecule has 1 heterocycles. The Morgan fingerprint density at radius 2 is 1.96 bits per heavy atom. The number of halogens is 1. The zero-order chi connectivity index (χ0) is 18.6. The summed E-state index contributed by atoms with van der Waals surface area (Å²) in [6.07, 6.45) is 0.448. The summed E-state index contributed by atoms with van der Waals surface area (Å²) in [4.78, 5) is 27.1. The Morgan fingerprint density at radius 1 is 1.28 bits per heavy atom. The van der Waals surface area contributed by atoms with Gasteiger partial charge in [0.2, 0.25) is 11.8 Å². The van der Waals surface area contributed by atoms with Crippen LogP contribution in [0.15, 0.2) is 24.3 Å². The van der Waals surface area contributed by atoms with Gasteiger partial charge in [0, 0.05) is 32.5 Å². The molecular weight excluding hydrogens is 347 g/mol. The number of anilines is 1. The molecule has 0 aliphatic carbocycles. The molecule has 1 unspecified atom stereocenters. The Morgan fingerprint density at radius 3 is 2.48 bits per heavy atom. The Labute approximate surface area is 147 Å². The first-order chi connectivity index (χ1) is 11.7. The molecule has 0 spiro atoms. The van der Waals surface area contributed by atoms with Gasteiger partial charge in [0.1, 0.15) is 5.82 Å². The van der Waals surface area contributed by atoms with E-state index in [1.807, 2.05) is 0 Å². The molecular formula is C17H23FN2O4S. The van der Waals surface area contributed by atoms with Crippen molar-refractivity contribution in [3.05, 3.63) is 30.1 Å². The molecule has 1 fully saturated rings. The van der Waals surface area contributed by atoms with Gasteiger partial charge in [-0.05, 0) is 25.5 Å². The average Bonchev–Trinajstić information content (AvgIpc) is 2.89. The van der Waals surface area contributed by atoms with Gasteiger partial charge in [-0.25, -0.2) is 12.8 Å². The highest BCUT2D eigenvalue weighted by Gasteiger charge is 2.34. The van der Waals surface area contributed by atoms with Crippen LogP contribution in [0.4, 0.5) is 10.1 Å². The van der Waals surface area contributed by atoms with E-state index in [1.54, 1.807) is 17.9 Å². The lowest BCUT2D eigenvalue weighted by Gasteiger charge is -2.28. The maximum Gasteiger partial charge on any atom is 0.224 e. The molecule has 0 aromatic heterocycles. The zero-order valence-electron chi connectivity index (χ0n) is 14.4. The predicted octanol–water partition coefficient (Wildman–Crippen LogP) is 1.60. The number of nitrogens with zero attached hydrogens (tertiary/aromatic N) is 2. The van der Waals surface area contributed by atoms with Crippen LogP contribution in [0.2, 0.25) is 0 Å². The van der Waals surface area contributed by atoms with Crippen LogP contribution < -0.4 is 4.90 Å². The topological polar surface area (TPSA) is 74.8 Å². The number of hydrogen-bond donors (Lipinski definition) is 0. The molecule has 8 heteroatoms. The van der Waals surface area contributed by atoms with E-state index in [2.05, 4.69) is 0 Å². The van der Waals surface area contributed by atoms with Gasteiger partial charge >= 0.3 is 0 Å². The van der Waals surface area contributed by atoms with Crippen LogP contribution in [0.5, 0.6) is 0 Å². The SMILES string of the molecule is CCN(C(=O)CCN(C(C)=O)c1ccccc1F)C1CCS(=O)(=O)C1. The van der Waals surface area contributed by atoms with Gasteiger partial charge in [0.25, 0.3) is 0 Å². The van der Waals surface area contributed by atoms with E-state index in [0.717, 1.165) is 0 Å². The summed E-state index contributed by atoms with van der Waals surface area (Å²) in [5.41, 5.74) is 0.134. The Kier molecular flexibility index (Phi) is 6.16. The molecule has 1 atom stereocenters. The van der Waals surface area contributed by atoms with E-state index in [-0.39, 0.29) is 48.0 Å². The van der Waals surface area contributed by atoms with Crippen molar-refractivity contribution in [1.82, 2.24) is 4.90 Å². The molecule has 0 saturated carbocycles. The molecule has 0 radical (unpaired) electrons. The minimum Gasteiger partial charge on any atom is -0.339 e. The van der Waals surface area contributed by atoms with Crippen molar-refractivity contribution in [2.45, 2.75) is 32.7 Å². The Bertz CT molecular complexity index is 751. The van der Waals surface area contributed by atoms with Crippen LogP contribution >= 0.6 is 0 Å². The van der Waals surface area contributed by atoms with E-state index in [9.17, 15) is 22.4 Å². The zero-order valence-corrected chi connectivity index (χ0v) is 15.3. The van der Waals surface area contributed by atoms with Crippen molar-refractivity contribution in [1.29, 1.82) is 0 Å². The summed E-state index contributed by atoms with van der Waals surface area (Å²) in [5, 5.41) is 0. The van der Waals surface area contributed by atoms with Crippen LogP contribution in [0.1, 0.15) is 26.7 Å². The fourth-order valence-corrected chi connectivity index (χ4v) is 4.86. The number of rotatable bonds is 6. The van der Waals surface area contributed by atoms with Crippen molar-refractivity contribution in [3.8, 4) is 0 Å². The van der Waals surface area contributed by atoms with E-state index >= 15 is 0 Å². The molecule has 2 rings (SSSR count). The largest absolute Gasteiger partial charge is 0.339 e. The molecule has 1 aliphatic rings. The number of sulfone groups is 1. The number of carbonyl (C=O) groups excluding carboxylic acids is 2. The van der Waals surface area contributed by atoms with Gasteiger partial charge in [-0.1, -0.05) is 12.1 Å². The normalized spacial score (nSPS) is 18.8. The molecule has 138 valence electrons. The third-order valence-corrected chi connectivity index (χ3v) is 6.13. The van der Waals surface area contributed by atoms with Gasteiger partial charge in [-0.3, -0.25) is 9.59 Å². The second kappa shape index (κ2) is 7.95. The second-order valence-electron chi connectivity index (χ2n) is 6.11. The monoisotopic (exact) mass is 370 g/mol. The quantitative estimate of drug-likeness (QED) is 0.762. The first-order valence-electron chi connectivity index (χ1n) is 8.27. The average molecular weight is 370 g/mol. The summed E-state index contributed by atoms with van der Waals surface area (Å²) in [6.45, 7) is 3.56. The number of carbonyl (C=O) groups is 2. The van der Waals surface area contributed by atoms with Crippen molar-refractivity contribution in [3.63, 3.8) is 0 Å². The Balaban J connectivity index is 2.05. The third kappa shape index (κ3) is 4.78. The van der Waals surface area contributed by atoms with Crippen LogP contribution in [-0.2, 0) is 19.4 Å². The highest BCUT2D eigenvalue weighted by Crippen LogP contribution is 2.21. The molecule has 1 saturated heterocycles. The standard InChI is InChI=1S/C17H23FN2O4S/c1-3-19(14-9-11-25(23,24)12-14)17(22)8-10-20(13(2)21)16-7-5-4-6-15(16)18/h4-7,14H,3,8-12H2,1-2H3. The maximum absolute atomic E-state index is 13.9. The summed E-state index contributed by atoms with van der Waals surface area (Å²) < 4.78 is 37.2. The second-order valence-corrected chi connectivity index (χ2v) is 8.34. The molecule has 1 aromatic carbocycles. The van der Waals surface area contributed by atoms with Gasteiger partial charge < -0.3 is 9.80 Å². The number of para-hydroxylation sites is 1. The molecule has 0 bridgehead atoms. The van der Waals surface area contributed by atoms with Gasteiger partial charge in [-0.15, -0.1) is 0 Å². The summed E-state index contributed by atoms with van der Waals surface area (Å²) in [5.74, 6) is -1.04. The molecule has 2 amide bonds. The minimum atomic E-state index is -3.09. The van der Waals surface area contributed by atoms with E-state index in [4.69, 9.17) is 0 Å². The smallest absolute Gasteiger partial charge is 0.224 e.